The van der Waals surface area contributed by atoms with Crippen LogP contribution in [0.2, 0.25) is 5.02 Å². The van der Waals surface area contributed by atoms with Gasteiger partial charge in [-0.15, -0.1) is 5.10 Å². The van der Waals surface area contributed by atoms with Crippen LogP contribution in [0.1, 0.15) is 5.56 Å². The zero-order chi connectivity index (χ0) is 10.1. The number of hydrogen-bond acceptors (Lipinski definition) is 2. The van der Waals surface area contributed by atoms with E-state index in [-0.39, 0.29) is 5.88 Å². The highest BCUT2D eigenvalue weighted by atomic mass is 35.5. The molecule has 72 valence electrons. The number of nitrogens with zero attached hydrogens (tertiary/aromatic N) is 2. The highest BCUT2D eigenvalue weighted by Gasteiger charge is 2.01. The van der Waals surface area contributed by atoms with E-state index in [1.54, 1.807) is 10.9 Å². The van der Waals surface area contributed by atoms with Crippen LogP contribution in [0.5, 0.6) is 5.88 Å². The van der Waals surface area contributed by atoms with Crippen molar-refractivity contribution < 1.29 is 5.11 Å². The van der Waals surface area contributed by atoms with Crippen molar-refractivity contribution in [2.75, 3.05) is 0 Å². The molecule has 0 saturated carbocycles. The minimum absolute atomic E-state index is 0.00157. The zero-order valence-corrected chi connectivity index (χ0v) is 8.36. The van der Waals surface area contributed by atoms with Crippen LogP contribution >= 0.6 is 11.6 Å². The molecule has 0 bridgehead atoms. The SMILES string of the molecule is Cc1ccc(-n2ccc(O)n2)cc1Cl. The van der Waals surface area contributed by atoms with E-state index in [1.165, 1.54) is 6.07 Å². The van der Waals surface area contributed by atoms with Gasteiger partial charge in [-0.2, -0.15) is 0 Å². The van der Waals surface area contributed by atoms with Crippen molar-refractivity contribution in [2.45, 2.75) is 6.92 Å². The minimum atomic E-state index is 0.00157. The first-order chi connectivity index (χ1) is 6.66. The molecule has 0 saturated heterocycles. The lowest BCUT2D eigenvalue weighted by Crippen LogP contribution is -1.94. The third-order valence-electron chi connectivity index (χ3n) is 1.99. The Hall–Kier alpha value is -1.48. The summed E-state index contributed by atoms with van der Waals surface area (Å²) < 4.78 is 1.57. The Morgan fingerprint density at radius 3 is 2.71 bits per heavy atom. The number of aromatic nitrogens is 2. The normalized spacial score (nSPS) is 10.4. The van der Waals surface area contributed by atoms with E-state index in [1.807, 2.05) is 25.1 Å². The van der Waals surface area contributed by atoms with E-state index >= 15 is 0 Å². The number of halogens is 1. The van der Waals surface area contributed by atoms with E-state index in [2.05, 4.69) is 5.10 Å². The summed E-state index contributed by atoms with van der Waals surface area (Å²) in [5.41, 5.74) is 1.85. The van der Waals surface area contributed by atoms with Crippen molar-refractivity contribution in [2.24, 2.45) is 0 Å². The van der Waals surface area contributed by atoms with E-state index in [0.717, 1.165) is 11.3 Å². The van der Waals surface area contributed by atoms with Crippen LogP contribution in [-0.4, -0.2) is 14.9 Å². The molecule has 3 nitrogen and oxygen atoms in total. The van der Waals surface area contributed by atoms with E-state index in [0.29, 0.717) is 5.02 Å². The number of aromatic hydroxyl groups is 1. The van der Waals surface area contributed by atoms with Gasteiger partial charge in [-0.25, -0.2) is 4.68 Å². The van der Waals surface area contributed by atoms with Crippen molar-refractivity contribution in [1.82, 2.24) is 9.78 Å². The Balaban J connectivity index is 2.47. The number of aryl methyl sites for hydroxylation is 1. The van der Waals surface area contributed by atoms with E-state index in [9.17, 15) is 0 Å². The quantitative estimate of drug-likeness (QED) is 0.782. The molecule has 0 aliphatic rings. The molecule has 1 N–H and O–H groups in total. The lowest BCUT2D eigenvalue weighted by atomic mass is 10.2. The molecule has 0 spiro atoms. The first kappa shape index (κ1) is 9.09. The lowest BCUT2D eigenvalue weighted by molar-refractivity contribution is 0.448. The topological polar surface area (TPSA) is 38.0 Å². The fourth-order valence-corrected chi connectivity index (χ4v) is 1.36. The standard InChI is InChI=1S/C10H9ClN2O/c1-7-2-3-8(6-9(7)11)13-5-4-10(14)12-13/h2-6H,1H3,(H,12,14). The average Bonchev–Trinajstić information content (AvgIpc) is 2.57. The van der Waals surface area contributed by atoms with Gasteiger partial charge in [0.25, 0.3) is 0 Å². The summed E-state index contributed by atoms with van der Waals surface area (Å²) in [6, 6.07) is 7.14. The van der Waals surface area contributed by atoms with Gasteiger partial charge in [0.05, 0.1) is 5.69 Å². The Bertz CT molecular complexity index is 465. The summed E-state index contributed by atoms with van der Waals surface area (Å²) in [5, 5.41) is 13.6. The van der Waals surface area contributed by atoms with Gasteiger partial charge in [-0.05, 0) is 24.6 Å². The average molecular weight is 209 g/mol. The highest BCUT2D eigenvalue weighted by Crippen LogP contribution is 2.19. The lowest BCUT2D eigenvalue weighted by Gasteiger charge is -2.03. The van der Waals surface area contributed by atoms with Crippen molar-refractivity contribution >= 4 is 11.6 Å². The first-order valence-corrected chi connectivity index (χ1v) is 4.56. The third kappa shape index (κ3) is 1.59. The molecule has 4 heteroatoms. The molecule has 0 unspecified atom stereocenters. The minimum Gasteiger partial charge on any atom is -0.492 e. The fourth-order valence-electron chi connectivity index (χ4n) is 1.18. The maximum atomic E-state index is 9.07. The molecule has 0 radical (unpaired) electrons. The number of benzene rings is 1. The van der Waals surface area contributed by atoms with Gasteiger partial charge in [0.2, 0.25) is 5.88 Å². The predicted octanol–water partition coefficient (Wildman–Crippen LogP) is 2.54. The molecule has 1 aromatic carbocycles. The smallest absolute Gasteiger partial charge is 0.230 e. The van der Waals surface area contributed by atoms with Gasteiger partial charge in [0.1, 0.15) is 0 Å². The van der Waals surface area contributed by atoms with Crippen LogP contribution in [0.3, 0.4) is 0 Å². The molecular formula is C10H9ClN2O. The largest absolute Gasteiger partial charge is 0.492 e. The van der Waals surface area contributed by atoms with Gasteiger partial charge in [0.15, 0.2) is 0 Å². The second-order valence-electron chi connectivity index (χ2n) is 3.05. The molecular weight excluding hydrogens is 200 g/mol. The van der Waals surface area contributed by atoms with Crippen molar-refractivity contribution in [1.29, 1.82) is 0 Å². The van der Waals surface area contributed by atoms with Gasteiger partial charge in [-0.3, -0.25) is 0 Å². The zero-order valence-electron chi connectivity index (χ0n) is 7.61. The molecule has 14 heavy (non-hydrogen) atoms. The van der Waals surface area contributed by atoms with Gasteiger partial charge < -0.3 is 5.11 Å². The van der Waals surface area contributed by atoms with Gasteiger partial charge in [0, 0.05) is 17.3 Å². The summed E-state index contributed by atoms with van der Waals surface area (Å²) in [5.74, 6) is 0.00157. The molecule has 2 rings (SSSR count). The molecule has 0 fully saturated rings. The van der Waals surface area contributed by atoms with Crippen molar-refractivity contribution in [3.63, 3.8) is 0 Å². The Kier molecular flexibility index (Phi) is 2.17. The summed E-state index contributed by atoms with van der Waals surface area (Å²) in [7, 11) is 0. The van der Waals surface area contributed by atoms with Crippen LogP contribution in [0.15, 0.2) is 30.5 Å². The number of hydrogen-bond donors (Lipinski definition) is 1. The van der Waals surface area contributed by atoms with E-state index in [4.69, 9.17) is 16.7 Å². The summed E-state index contributed by atoms with van der Waals surface area (Å²) in [6.45, 7) is 1.94. The van der Waals surface area contributed by atoms with Crippen LogP contribution in [-0.2, 0) is 0 Å². The van der Waals surface area contributed by atoms with Crippen molar-refractivity contribution in [3.05, 3.63) is 41.0 Å². The highest BCUT2D eigenvalue weighted by molar-refractivity contribution is 6.31. The van der Waals surface area contributed by atoms with Crippen LogP contribution < -0.4 is 0 Å². The summed E-state index contributed by atoms with van der Waals surface area (Å²) in [6.07, 6.45) is 1.68. The number of rotatable bonds is 1. The molecule has 2 aromatic rings. The maximum absolute atomic E-state index is 9.07. The molecule has 0 atom stereocenters. The Labute approximate surface area is 86.6 Å². The van der Waals surface area contributed by atoms with Crippen LogP contribution in [0.25, 0.3) is 5.69 Å². The third-order valence-corrected chi connectivity index (χ3v) is 2.40. The Morgan fingerprint density at radius 1 is 1.36 bits per heavy atom. The van der Waals surface area contributed by atoms with Gasteiger partial charge in [-0.1, -0.05) is 17.7 Å². The first-order valence-electron chi connectivity index (χ1n) is 4.18. The maximum Gasteiger partial charge on any atom is 0.230 e. The van der Waals surface area contributed by atoms with Gasteiger partial charge >= 0.3 is 0 Å². The molecule has 0 amide bonds. The van der Waals surface area contributed by atoms with E-state index < -0.39 is 0 Å². The summed E-state index contributed by atoms with van der Waals surface area (Å²) in [4.78, 5) is 0. The van der Waals surface area contributed by atoms with Crippen LogP contribution in [0.4, 0.5) is 0 Å². The molecule has 0 aliphatic heterocycles. The van der Waals surface area contributed by atoms with Crippen LogP contribution in [0, 0.1) is 6.92 Å². The predicted molar refractivity (Wildman–Crippen MR) is 55.0 cm³/mol. The summed E-state index contributed by atoms with van der Waals surface area (Å²) >= 11 is 5.97. The fraction of sp³-hybridized carbons (Fsp3) is 0.100. The molecule has 1 aromatic heterocycles. The second kappa shape index (κ2) is 3.35. The second-order valence-corrected chi connectivity index (χ2v) is 3.46. The monoisotopic (exact) mass is 208 g/mol. The Morgan fingerprint density at radius 2 is 2.14 bits per heavy atom. The molecule has 1 heterocycles. The van der Waals surface area contributed by atoms with Crippen molar-refractivity contribution in [3.8, 4) is 11.6 Å². The molecule has 0 aliphatic carbocycles.